The van der Waals surface area contributed by atoms with Gasteiger partial charge < -0.3 is 68.1 Å². The summed E-state index contributed by atoms with van der Waals surface area (Å²) in [6.45, 7) is 17.6. The van der Waals surface area contributed by atoms with E-state index in [1.807, 2.05) is 44.8 Å². The van der Waals surface area contributed by atoms with Crippen LogP contribution in [-0.4, -0.2) is 180 Å². The van der Waals surface area contributed by atoms with E-state index in [2.05, 4.69) is 4.74 Å². The van der Waals surface area contributed by atoms with Crippen LogP contribution in [-0.2, 0) is 52.3 Å². The smallest absolute Gasteiger partial charge is 0.331 e. The summed E-state index contributed by atoms with van der Waals surface area (Å²) in [7, 11) is 8.14. The monoisotopic (exact) mass is 861 g/mol. The number of hydrogen-bond donors (Lipinski definition) is 4. The highest BCUT2D eigenvalue weighted by atomic mass is 16.7. The van der Waals surface area contributed by atoms with E-state index in [0.717, 1.165) is 12.2 Å². The fourth-order valence-electron chi connectivity index (χ4n) is 9.23. The van der Waals surface area contributed by atoms with Gasteiger partial charge in [-0.25, -0.2) is 9.59 Å². The molecule has 0 radical (unpaired) electrons. The number of aliphatic hydroxyl groups excluding tert-OH is 2. The molecule has 0 bridgehead atoms. The Morgan fingerprint density at radius 3 is 2.10 bits per heavy atom. The molecule has 18 atom stereocenters. The van der Waals surface area contributed by atoms with E-state index in [-0.39, 0.29) is 31.3 Å². The number of ether oxygens (including phenoxy) is 8. The molecule has 4 N–H and O–H groups in total. The van der Waals surface area contributed by atoms with Gasteiger partial charge in [-0.1, -0.05) is 20.8 Å². The van der Waals surface area contributed by atoms with Crippen molar-refractivity contribution in [2.24, 2.45) is 17.8 Å². The number of carbonyl (C=O) groups is 3. The highest BCUT2D eigenvalue weighted by Gasteiger charge is 2.53. The van der Waals surface area contributed by atoms with Crippen molar-refractivity contribution >= 4 is 17.9 Å². The summed E-state index contributed by atoms with van der Waals surface area (Å²) in [5.74, 6) is -4.52. The Bertz CT molecular complexity index is 1440. The normalized spacial score (nSPS) is 44.5. The van der Waals surface area contributed by atoms with Gasteiger partial charge in [0.25, 0.3) is 0 Å². The summed E-state index contributed by atoms with van der Waals surface area (Å²) < 4.78 is 48.7. The van der Waals surface area contributed by atoms with Crippen molar-refractivity contribution in [1.82, 2.24) is 9.80 Å². The van der Waals surface area contributed by atoms with Gasteiger partial charge in [0.1, 0.15) is 23.9 Å². The Balaban J connectivity index is 2.24. The molecule has 17 heteroatoms. The summed E-state index contributed by atoms with van der Waals surface area (Å²) >= 11 is 0. The first kappa shape index (κ1) is 52.1. The molecule has 3 saturated heterocycles. The third kappa shape index (κ3) is 12.5. The molecule has 60 heavy (non-hydrogen) atoms. The van der Waals surface area contributed by atoms with Crippen LogP contribution in [0, 0.1) is 17.8 Å². The maximum absolute atomic E-state index is 14.4. The van der Waals surface area contributed by atoms with Gasteiger partial charge >= 0.3 is 17.9 Å². The lowest BCUT2D eigenvalue weighted by Crippen LogP contribution is -2.61. The van der Waals surface area contributed by atoms with Crippen LogP contribution >= 0.6 is 0 Å². The molecule has 3 fully saturated rings. The maximum atomic E-state index is 14.4. The predicted molar refractivity (Wildman–Crippen MR) is 219 cm³/mol. The molecule has 0 amide bonds. The summed E-state index contributed by atoms with van der Waals surface area (Å²) in [5, 5.41) is 47.2. The van der Waals surface area contributed by atoms with Crippen LogP contribution in [0.25, 0.3) is 0 Å². The first-order chi connectivity index (χ1) is 27.7. The molecule has 0 saturated carbocycles. The van der Waals surface area contributed by atoms with E-state index in [1.165, 1.54) is 21.1 Å². The average Bonchev–Trinajstić information content (AvgIpc) is 3.17. The average molecular weight is 861 g/mol. The van der Waals surface area contributed by atoms with Crippen molar-refractivity contribution in [3.63, 3.8) is 0 Å². The van der Waals surface area contributed by atoms with Crippen LogP contribution in [0.4, 0.5) is 0 Å². The van der Waals surface area contributed by atoms with Gasteiger partial charge in [-0.05, 0) is 94.8 Å². The number of carbonyl (C=O) groups excluding carboxylic acids is 3. The minimum absolute atomic E-state index is 0.0759. The molecular formula is C43H76N2O15. The maximum Gasteiger partial charge on any atom is 0.331 e. The fourth-order valence-corrected chi connectivity index (χ4v) is 9.23. The van der Waals surface area contributed by atoms with Gasteiger partial charge in [-0.15, -0.1) is 0 Å². The molecule has 3 heterocycles. The Morgan fingerprint density at radius 2 is 1.53 bits per heavy atom. The predicted octanol–water partition coefficient (Wildman–Crippen LogP) is 2.18. The summed E-state index contributed by atoms with van der Waals surface area (Å²) in [6.07, 6.45) is -7.42. The first-order valence-electron chi connectivity index (χ1n) is 21.3. The van der Waals surface area contributed by atoms with Crippen molar-refractivity contribution < 1.29 is 72.7 Å². The SMILES string of the molecule is CC[C@@H]1OC(=O)[C@@H](C)C(O[C@@H]2C[C@](C)(OC)[C@H](O)[C@@H](C)O2)[C@@H](C)[C@H](OC2O[C@@H](C)CC(N(C)C)[C@@H]2OC(=O)/C=C/C(=O)OC)C(C)(O)C[C@H](C)CN(C)[C@@H](C)C(O)[C@@]1(C)O. The van der Waals surface area contributed by atoms with Crippen LogP contribution < -0.4 is 0 Å². The van der Waals surface area contributed by atoms with E-state index in [1.54, 1.807) is 48.5 Å². The van der Waals surface area contributed by atoms with Crippen LogP contribution in [0.1, 0.15) is 94.9 Å². The second-order valence-electron chi connectivity index (χ2n) is 18.4. The summed E-state index contributed by atoms with van der Waals surface area (Å²) in [6, 6.07) is -1.02. The summed E-state index contributed by atoms with van der Waals surface area (Å²) in [5.41, 5.74) is -4.61. The highest BCUT2D eigenvalue weighted by Crippen LogP contribution is 2.40. The Morgan fingerprint density at radius 1 is 0.917 bits per heavy atom. The zero-order chi connectivity index (χ0) is 45.7. The van der Waals surface area contributed by atoms with Crippen molar-refractivity contribution in [2.75, 3.05) is 41.9 Å². The molecular weight excluding hydrogens is 784 g/mol. The van der Waals surface area contributed by atoms with Crippen molar-refractivity contribution in [3.05, 3.63) is 12.2 Å². The molecule has 5 unspecified atom stereocenters. The van der Waals surface area contributed by atoms with Crippen LogP contribution in [0.15, 0.2) is 12.2 Å². The second-order valence-corrected chi connectivity index (χ2v) is 18.4. The van der Waals surface area contributed by atoms with E-state index < -0.39 is 114 Å². The standard InChI is InChI=1S/C43H76N2O15/c1-16-30-43(10,52)36(48)27(6)45(13)22-23(2)20-41(8,51)38(60-40-35(29(44(11)12)19-24(3)55-40)58-32(47)18-17-31(46)53-14)25(4)34(26(5)39(50)57-30)59-33-21-42(9,54-15)37(49)28(7)56-33/h17-18,23-30,33-38,40,48-49,51-52H,16,19-22H2,1-15H3/b18-17+/t23-,24-,25+,26-,27-,28+,29?,30-,33+,34?,35-,36?,37+,38-,40?,41?,42-,43-/m0/s1. The third-order valence-electron chi connectivity index (χ3n) is 13.0. The Hall–Kier alpha value is -2.29. The van der Waals surface area contributed by atoms with Gasteiger partial charge in [-0.3, -0.25) is 4.79 Å². The van der Waals surface area contributed by atoms with Gasteiger partial charge in [-0.2, -0.15) is 0 Å². The lowest BCUT2D eigenvalue weighted by Gasteiger charge is -2.49. The topological polar surface area (TPSA) is 212 Å². The number of aliphatic hydroxyl groups is 4. The minimum Gasteiger partial charge on any atom is -0.466 e. The molecule has 0 aromatic rings. The molecule has 0 aromatic heterocycles. The highest BCUT2D eigenvalue weighted by molar-refractivity contribution is 5.91. The van der Waals surface area contributed by atoms with E-state index in [9.17, 15) is 34.8 Å². The van der Waals surface area contributed by atoms with E-state index >= 15 is 0 Å². The number of esters is 3. The molecule has 17 nitrogen and oxygen atoms in total. The van der Waals surface area contributed by atoms with Gasteiger partial charge in [0.2, 0.25) is 0 Å². The largest absolute Gasteiger partial charge is 0.466 e. The number of likely N-dealkylation sites (N-methyl/N-ethyl adjacent to an activating group) is 2. The number of hydrogen-bond acceptors (Lipinski definition) is 17. The van der Waals surface area contributed by atoms with Crippen LogP contribution in [0.5, 0.6) is 0 Å². The van der Waals surface area contributed by atoms with Crippen molar-refractivity contribution in [3.8, 4) is 0 Å². The molecule has 3 aliphatic rings. The molecule has 0 aromatic carbocycles. The Kier molecular flexibility index (Phi) is 18.6. The number of methoxy groups -OCH3 is 2. The second kappa shape index (κ2) is 21.4. The van der Waals surface area contributed by atoms with E-state index in [0.29, 0.717) is 13.0 Å². The van der Waals surface area contributed by atoms with Gasteiger partial charge in [0.15, 0.2) is 18.7 Å². The van der Waals surface area contributed by atoms with Crippen molar-refractivity contribution in [1.29, 1.82) is 0 Å². The quantitative estimate of drug-likeness (QED) is 0.141. The van der Waals surface area contributed by atoms with Crippen LogP contribution in [0.2, 0.25) is 0 Å². The van der Waals surface area contributed by atoms with E-state index in [4.69, 9.17) is 33.2 Å². The molecule has 3 rings (SSSR count). The minimum atomic E-state index is -1.85. The lowest BCUT2D eigenvalue weighted by molar-refractivity contribution is -0.318. The Labute approximate surface area is 356 Å². The number of rotatable bonds is 10. The fraction of sp³-hybridized carbons (Fsp3) is 0.884. The van der Waals surface area contributed by atoms with Crippen LogP contribution in [0.3, 0.4) is 0 Å². The zero-order valence-corrected chi connectivity index (χ0v) is 38.5. The summed E-state index contributed by atoms with van der Waals surface area (Å²) in [4.78, 5) is 43.2. The number of cyclic esters (lactones) is 1. The lowest BCUT2D eigenvalue weighted by atomic mass is 9.77. The molecule has 0 aliphatic carbocycles. The third-order valence-corrected chi connectivity index (χ3v) is 13.0. The van der Waals surface area contributed by atoms with Gasteiger partial charge in [0, 0.05) is 44.2 Å². The number of nitrogens with zero attached hydrogens (tertiary/aromatic N) is 2. The zero-order valence-electron chi connectivity index (χ0n) is 38.5. The molecule has 0 spiro atoms. The molecule has 3 aliphatic heterocycles. The van der Waals surface area contributed by atoms with Crippen molar-refractivity contribution in [2.45, 2.75) is 185 Å². The first-order valence-corrected chi connectivity index (χ1v) is 21.3. The molecule has 348 valence electrons. The van der Waals surface area contributed by atoms with Gasteiger partial charge in [0.05, 0.1) is 54.7 Å².